The maximum Gasteiger partial charge on any atom is 0.349 e. The maximum absolute atomic E-state index is 12.3. The fourth-order valence-corrected chi connectivity index (χ4v) is 3.82. The van der Waals surface area contributed by atoms with E-state index in [1.165, 1.54) is 23.8 Å². The number of benzene rings is 1. The standard InChI is InChI=1S/C17H16N2O4S/c1-9(15(20)19-17(18)22)23-16(21)13-8-11-7-6-10-4-2-3-5-12(10)14(11)24-13/h2-5,8-9H,6-7H2,1H3,(H3,18,19,20,22)/t9-/m1/s1. The van der Waals surface area contributed by atoms with E-state index in [1.54, 1.807) is 0 Å². The van der Waals surface area contributed by atoms with Crippen LogP contribution in [0.25, 0.3) is 10.4 Å². The zero-order valence-electron chi connectivity index (χ0n) is 13.0. The SMILES string of the molecule is C[C@@H](OC(=O)c1cc2c(s1)-c1ccccc1CC2)C(=O)NC(N)=O. The number of urea groups is 1. The smallest absolute Gasteiger partial charge is 0.349 e. The number of thiophene rings is 1. The van der Waals surface area contributed by atoms with Crippen molar-refractivity contribution in [1.29, 1.82) is 0 Å². The fraction of sp³-hybridized carbons (Fsp3) is 0.235. The third kappa shape index (κ3) is 3.16. The van der Waals surface area contributed by atoms with E-state index in [9.17, 15) is 14.4 Å². The molecule has 1 atom stereocenters. The number of carbonyl (C=O) groups excluding carboxylic acids is 3. The Hall–Kier alpha value is -2.67. The molecule has 1 aromatic carbocycles. The normalized spacial score (nSPS) is 13.4. The number of hydrogen-bond acceptors (Lipinski definition) is 5. The van der Waals surface area contributed by atoms with Gasteiger partial charge in [0, 0.05) is 4.88 Å². The Bertz CT molecular complexity index is 828. The molecule has 0 saturated carbocycles. The van der Waals surface area contributed by atoms with Gasteiger partial charge in [-0.25, -0.2) is 9.59 Å². The molecule has 0 radical (unpaired) electrons. The number of primary amides is 1. The summed E-state index contributed by atoms with van der Waals surface area (Å²) in [5, 5.41) is 1.89. The third-order valence-corrected chi connectivity index (χ3v) is 5.03. The zero-order chi connectivity index (χ0) is 17.3. The van der Waals surface area contributed by atoms with E-state index in [-0.39, 0.29) is 0 Å². The number of aryl methyl sites for hydroxylation is 2. The Morgan fingerprint density at radius 3 is 2.67 bits per heavy atom. The first-order chi connectivity index (χ1) is 11.5. The predicted molar refractivity (Wildman–Crippen MR) is 89.8 cm³/mol. The molecule has 24 heavy (non-hydrogen) atoms. The number of rotatable bonds is 3. The van der Waals surface area contributed by atoms with Crippen molar-refractivity contribution in [2.24, 2.45) is 5.73 Å². The van der Waals surface area contributed by atoms with E-state index < -0.39 is 24.0 Å². The summed E-state index contributed by atoms with van der Waals surface area (Å²) in [6, 6.07) is 8.95. The number of fused-ring (bicyclic) bond motifs is 3. The molecule has 124 valence electrons. The molecule has 1 aromatic heterocycles. The molecule has 1 aliphatic rings. The number of ether oxygens (including phenoxy) is 1. The number of nitrogens with two attached hydrogens (primary N) is 1. The molecule has 3 amide bonds. The van der Waals surface area contributed by atoms with Gasteiger partial charge in [0.05, 0.1) is 0 Å². The number of amides is 3. The second-order valence-corrected chi connectivity index (χ2v) is 6.58. The Morgan fingerprint density at radius 2 is 1.92 bits per heavy atom. The van der Waals surface area contributed by atoms with Crippen molar-refractivity contribution in [1.82, 2.24) is 5.32 Å². The van der Waals surface area contributed by atoms with Crippen LogP contribution in [0.1, 0.15) is 27.7 Å². The van der Waals surface area contributed by atoms with Crippen LogP contribution < -0.4 is 11.1 Å². The third-order valence-electron chi connectivity index (χ3n) is 3.84. The minimum absolute atomic E-state index is 0.440. The molecular weight excluding hydrogens is 328 g/mol. The summed E-state index contributed by atoms with van der Waals surface area (Å²) < 4.78 is 5.12. The summed E-state index contributed by atoms with van der Waals surface area (Å²) in [6.45, 7) is 1.39. The van der Waals surface area contributed by atoms with Gasteiger partial charge in [0.2, 0.25) is 0 Å². The highest BCUT2D eigenvalue weighted by Crippen LogP contribution is 2.39. The number of nitrogens with one attached hydrogen (secondary N) is 1. The molecule has 0 fully saturated rings. The minimum Gasteiger partial charge on any atom is -0.448 e. The van der Waals surface area contributed by atoms with Crippen molar-refractivity contribution >= 4 is 29.2 Å². The van der Waals surface area contributed by atoms with Gasteiger partial charge in [-0.3, -0.25) is 10.1 Å². The first-order valence-corrected chi connectivity index (χ1v) is 8.29. The lowest BCUT2D eigenvalue weighted by molar-refractivity contribution is -0.127. The van der Waals surface area contributed by atoms with Gasteiger partial charge < -0.3 is 10.5 Å². The van der Waals surface area contributed by atoms with Gasteiger partial charge in [-0.1, -0.05) is 24.3 Å². The van der Waals surface area contributed by atoms with Crippen molar-refractivity contribution in [3.05, 3.63) is 46.3 Å². The molecule has 3 N–H and O–H groups in total. The van der Waals surface area contributed by atoms with E-state index in [0.717, 1.165) is 28.8 Å². The molecule has 0 saturated heterocycles. The van der Waals surface area contributed by atoms with Crippen LogP contribution in [0.5, 0.6) is 0 Å². The topological polar surface area (TPSA) is 98.5 Å². The van der Waals surface area contributed by atoms with E-state index >= 15 is 0 Å². The number of imide groups is 1. The van der Waals surface area contributed by atoms with E-state index in [2.05, 4.69) is 6.07 Å². The molecule has 1 heterocycles. The lowest BCUT2D eigenvalue weighted by Gasteiger charge is -2.15. The van der Waals surface area contributed by atoms with Gasteiger partial charge in [0.25, 0.3) is 5.91 Å². The van der Waals surface area contributed by atoms with E-state index in [4.69, 9.17) is 10.5 Å². The summed E-state index contributed by atoms with van der Waals surface area (Å²) in [6.07, 6.45) is 0.705. The summed E-state index contributed by atoms with van der Waals surface area (Å²) in [5.41, 5.74) is 8.39. The Kier molecular flexibility index (Phi) is 4.35. The van der Waals surface area contributed by atoms with Crippen LogP contribution in [0.2, 0.25) is 0 Å². The zero-order valence-corrected chi connectivity index (χ0v) is 13.8. The highest BCUT2D eigenvalue weighted by Gasteiger charge is 2.25. The largest absolute Gasteiger partial charge is 0.448 e. The van der Waals surface area contributed by atoms with Crippen LogP contribution in [-0.4, -0.2) is 24.0 Å². The number of esters is 1. The van der Waals surface area contributed by atoms with E-state index in [1.807, 2.05) is 29.6 Å². The highest BCUT2D eigenvalue weighted by atomic mass is 32.1. The van der Waals surface area contributed by atoms with Crippen LogP contribution in [-0.2, 0) is 22.4 Å². The summed E-state index contributed by atoms with van der Waals surface area (Å²) >= 11 is 1.36. The van der Waals surface area contributed by atoms with Crippen molar-refractivity contribution in [2.75, 3.05) is 0 Å². The monoisotopic (exact) mass is 344 g/mol. The second kappa shape index (κ2) is 6.45. The lowest BCUT2D eigenvalue weighted by Crippen LogP contribution is -2.42. The Morgan fingerprint density at radius 1 is 1.21 bits per heavy atom. The molecule has 0 unspecified atom stereocenters. The Balaban J connectivity index is 1.78. The van der Waals surface area contributed by atoms with Gasteiger partial charge in [-0.2, -0.15) is 0 Å². The minimum atomic E-state index is -1.10. The summed E-state index contributed by atoms with van der Waals surface area (Å²) in [4.78, 5) is 36.0. The highest BCUT2D eigenvalue weighted by molar-refractivity contribution is 7.17. The average Bonchev–Trinajstić information content (AvgIpc) is 2.99. The van der Waals surface area contributed by atoms with Gasteiger partial charge in [-0.05, 0) is 42.5 Å². The van der Waals surface area contributed by atoms with Gasteiger partial charge in [-0.15, -0.1) is 11.3 Å². The Labute approximate surface area is 142 Å². The maximum atomic E-state index is 12.3. The van der Waals surface area contributed by atoms with Gasteiger partial charge >= 0.3 is 12.0 Å². The van der Waals surface area contributed by atoms with Crippen molar-refractivity contribution in [3.8, 4) is 10.4 Å². The van der Waals surface area contributed by atoms with E-state index in [0.29, 0.717) is 4.88 Å². The molecule has 1 aliphatic carbocycles. The van der Waals surface area contributed by atoms with Crippen LogP contribution >= 0.6 is 11.3 Å². The fourth-order valence-electron chi connectivity index (χ4n) is 2.67. The number of hydrogen-bond donors (Lipinski definition) is 2. The van der Waals surface area contributed by atoms with Crippen LogP contribution in [0.15, 0.2) is 30.3 Å². The molecular formula is C17H16N2O4S. The first kappa shape index (κ1) is 16.2. The van der Waals surface area contributed by atoms with Gasteiger partial charge in [0.1, 0.15) is 4.88 Å². The van der Waals surface area contributed by atoms with Gasteiger partial charge in [0.15, 0.2) is 6.10 Å². The average molecular weight is 344 g/mol. The molecule has 0 aliphatic heterocycles. The molecule has 3 rings (SSSR count). The molecule has 0 spiro atoms. The molecule has 2 aromatic rings. The van der Waals surface area contributed by atoms with Crippen LogP contribution in [0.3, 0.4) is 0 Å². The van der Waals surface area contributed by atoms with Crippen molar-refractivity contribution in [3.63, 3.8) is 0 Å². The summed E-state index contributed by atoms with van der Waals surface area (Å²) in [7, 11) is 0. The number of carbonyl (C=O) groups is 3. The van der Waals surface area contributed by atoms with Crippen LogP contribution in [0, 0.1) is 0 Å². The predicted octanol–water partition coefficient (Wildman–Crippen LogP) is 2.25. The first-order valence-electron chi connectivity index (χ1n) is 7.48. The molecule has 6 nitrogen and oxygen atoms in total. The lowest BCUT2D eigenvalue weighted by atomic mass is 9.91. The quantitative estimate of drug-likeness (QED) is 0.834. The molecule has 0 bridgehead atoms. The van der Waals surface area contributed by atoms with Crippen LogP contribution in [0.4, 0.5) is 4.79 Å². The second-order valence-electron chi connectivity index (χ2n) is 5.52. The van der Waals surface area contributed by atoms with Crippen molar-refractivity contribution < 1.29 is 19.1 Å². The summed E-state index contributed by atoms with van der Waals surface area (Å²) in [5.74, 6) is -1.33. The van der Waals surface area contributed by atoms with Crippen molar-refractivity contribution in [2.45, 2.75) is 25.9 Å². The molecule has 7 heteroatoms.